The molecule has 7 nitrogen and oxygen atoms in total. The van der Waals surface area contributed by atoms with E-state index >= 15 is 0 Å². The van der Waals surface area contributed by atoms with Crippen molar-refractivity contribution in [1.82, 2.24) is 19.7 Å². The number of piperazine rings is 1. The van der Waals surface area contributed by atoms with Crippen LogP contribution in [0.15, 0.2) is 24.4 Å². The van der Waals surface area contributed by atoms with Crippen LogP contribution in [0.5, 0.6) is 0 Å². The molecule has 1 fully saturated rings. The number of pyridine rings is 1. The molecule has 0 amide bonds. The minimum atomic E-state index is -0.580. The zero-order valence-corrected chi connectivity index (χ0v) is 18.7. The van der Waals surface area contributed by atoms with Gasteiger partial charge in [-0.05, 0) is 26.8 Å². The van der Waals surface area contributed by atoms with Crippen molar-refractivity contribution >= 4 is 22.7 Å². The summed E-state index contributed by atoms with van der Waals surface area (Å²) >= 11 is 0. The molecule has 1 aliphatic rings. The highest BCUT2D eigenvalue weighted by Crippen LogP contribution is 2.34. The first-order chi connectivity index (χ1) is 15.3. The Bertz CT molecular complexity index is 1150. The summed E-state index contributed by atoms with van der Waals surface area (Å²) in [5.41, 5.74) is 3.16. The first kappa shape index (κ1) is 22.1. The molecule has 0 bridgehead atoms. The minimum Gasteiger partial charge on any atom is -0.462 e. The van der Waals surface area contributed by atoms with E-state index in [1.807, 2.05) is 20.9 Å². The largest absolute Gasteiger partial charge is 0.462 e. The van der Waals surface area contributed by atoms with Crippen molar-refractivity contribution in [2.24, 2.45) is 7.05 Å². The first-order valence-electron chi connectivity index (χ1n) is 10.7. The Labute approximate surface area is 185 Å². The van der Waals surface area contributed by atoms with Crippen LogP contribution in [0.1, 0.15) is 41.5 Å². The molecule has 2 aromatic heterocycles. The van der Waals surface area contributed by atoms with Crippen LogP contribution in [0.4, 0.5) is 14.5 Å². The van der Waals surface area contributed by atoms with Crippen molar-refractivity contribution in [1.29, 1.82) is 0 Å². The van der Waals surface area contributed by atoms with Crippen LogP contribution in [0.25, 0.3) is 11.0 Å². The third-order valence-electron chi connectivity index (χ3n) is 6.09. The van der Waals surface area contributed by atoms with Crippen LogP contribution in [0.2, 0.25) is 0 Å². The molecule has 9 heteroatoms. The Kier molecular flexibility index (Phi) is 6.10. The van der Waals surface area contributed by atoms with Gasteiger partial charge in [0.15, 0.2) is 5.65 Å². The van der Waals surface area contributed by atoms with Gasteiger partial charge < -0.3 is 9.64 Å². The zero-order chi connectivity index (χ0) is 23.0. The van der Waals surface area contributed by atoms with Gasteiger partial charge in [0.2, 0.25) is 0 Å². The van der Waals surface area contributed by atoms with Gasteiger partial charge in [-0.15, -0.1) is 0 Å². The average Bonchev–Trinajstić information content (AvgIpc) is 3.06. The van der Waals surface area contributed by atoms with Crippen LogP contribution in [-0.2, 0) is 11.8 Å². The van der Waals surface area contributed by atoms with Crippen LogP contribution in [0, 0.1) is 18.6 Å². The highest BCUT2D eigenvalue weighted by atomic mass is 19.1. The molecule has 1 atom stereocenters. The normalized spacial score (nSPS) is 15.9. The van der Waals surface area contributed by atoms with E-state index in [9.17, 15) is 13.6 Å². The Balaban J connectivity index is 1.63. The smallest absolute Gasteiger partial charge is 0.341 e. The minimum absolute atomic E-state index is 0.195. The van der Waals surface area contributed by atoms with Gasteiger partial charge in [0.05, 0.1) is 23.4 Å². The van der Waals surface area contributed by atoms with Gasteiger partial charge in [-0.1, -0.05) is 6.07 Å². The highest BCUT2D eigenvalue weighted by molar-refractivity contribution is 6.05. The summed E-state index contributed by atoms with van der Waals surface area (Å²) in [5.74, 6) is -1.53. The lowest BCUT2D eigenvalue weighted by molar-refractivity contribution is 0.0526. The van der Waals surface area contributed by atoms with E-state index in [1.165, 1.54) is 12.1 Å². The summed E-state index contributed by atoms with van der Waals surface area (Å²) in [6.45, 7) is 8.45. The maximum atomic E-state index is 14.3. The number of nitrogens with zero attached hydrogens (tertiary/aromatic N) is 5. The Morgan fingerprint density at radius 1 is 1.22 bits per heavy atom. The third-order valence-corrected chi connectivity index (χ3v) is 6.09. The predicted octanol–water partition coefficient (Wildman–Crippen LogP) is 3.61. The molecule has 32 heavy (non-hydrogen) atoms. The van der Waals surface area contributed by atoms with E-state index in [1.54, 1.807) is 17.8 Å². The molecule has 0 spiro atoms. The average molecular weight is 443 g/mol. The number of aromatic nitrogens is 3. The number of carbonyl (C=O) groups excluding carboxylic acids is 1. The van der Waals surface area contributed by atoms with Gasteiger partial charge in [-0.2, -0.15) is 5.10 Å². The molecule has 1 unspecified atom stereocenters. The van der Waals surface area contributed by atoms with Crippen LogP contribution in [-0.4, -0.2) is 58.4 Å². The molecule has 0 radical (unpaired) electrons. The standard InChI is InChI=1S/C23H27F2N5O2/c1-5-32-23(31)18-13-26-22-20(14(2)27-28(22)4)21(18)30-10-8-29(9-11-30)15(3)17-7-6-16(24)12-19(17)25/h6-7,12-13,15H,5,8-11H2,1-4H3. The van der Waals surface area contributed by atoms with Crippen molar-refractivity contribution in [3.8, 4) is 0 Å². The molecular formula is C23H27F2N5O2. The number of carbonyl (C=O) groups is 1. The second-order valence-electron chi connectivity index (χ2n) is 8.01. The molecule has 1 saturated heterocycles. The lowest BCUT2D eigenvalue weighted by Crippen LogP contribution is -2.47. The Morgan fingerprint density at radius 2 is 1.94 bits per heavy atom. The molecule has 1 aliphatic heterocycles. The number of halogens is 2. The number of fused-ring (bicyclic) bond motifs is 1. The van der Waals surface area contributed by atoms with Gasteiger partial charge in [-0.25, -0.2) is 18.6 Å². The second-order valence-corrected chi connectivity index (χ2v) is 8.01. The fourth-order valence-electron chi connectivity index (χ4n) is 4.45. The Morgan fingerprint density at radius 3 is 2.59 bits per heavy atom. The molecule has 0 N–H and O–H groups in total. The van der Waals surface area contributed by atoms with Crippen molar-refractivity contribution in [2.45, 2.75) is 26.8 Å². The number of anilines is 1. The van der Waals surface area contributed by atoms with E-state index in [4.69, 9.17) is 4.74 Å². The molecule has 0 saturated carbocycles. The van der Waals surface area contributed by atoms with E-state index in [0.29, 0.717) is 43.0 Å². The maximum Gasteiger partial charge on any atom is 0.341 e. The van der Waals surface area contributed by atoms with Crippen molar-refractivity contribution in [3.05, 3.63) is 52.9 Å². The van der Waals surface area contributed by atoms with Crippen molar-refractivity contribution < 1.29 is 18.3 Å². The molecule has 3 aromatic rings. The number of rotatable bonds is 5. The molecule has 1 aromatic carbocycles. The number of esters is 1. The second kappa shape index (κ2) is 8.82. The summed E-state index contributed by atoms with van der Waals surface area (Å²) in [4.78, 5) is 21.5. The number of hydrogen-bond donors (Lipinski definition) is 0. The predicted molar refractivity (Wildman–Crippen MR) is 118 cm³/mol. The van der Waals surface area contributed by atoms with Crippen LogP contribution >= 0.6 is 0 Å². The number of benzene rings is 1. The fourth-order valence-corrected chi connectivity index (χ4v) is 4.45. The lowest BCUT2D eigenvalue weighted by atomic mass is 10.0. The summed E-state index contributed by atoms with van der Waals surface area (Å²) in [7, 11) is 1.83. The monoisotopic (exact) mass is 443 g/mol. The van der Waals surface area contributed by atoms with E-state index < -0.39 is 17.6 Å². The van der Waals surface area contributed by atoms with E-state index in [2.05, 4.69) is 19.9 Å². The lowest BCUT2D eigenvalue weighted by Gasteiger charge is -2.40. The van der Waals surface area contributed by atoms with Gasteiger partial charge in [0.25, 0.3) is 0 Å². The van der Waals surface area contributed by atoms with Gasteiger partial charge in [0, 0.05) is 57.1 Å². The summed E-state index contributed by atoms with van der Waals surface area (Å²) in [6.07, 6.45) is 1.56. The van der Waals surface area contributed by atoms with Gasteiger partial charge in [0.1, 0.15) is 17.2 Å². The maximum absolute atomic E-state index is 14.3. The van der Waals surface area contributed by atoms with Crippen LogP contribution < -0.4 is 4.90 Å². The highest BCUT2D eigenvalue weighted by Gasteiger charge is 2.29. The molecule has 0 aliphatic carbocycles. The van der Waals surface area contributed by atoms with E-state index in [0.717, 1.165) is 22.8 Å². The summed E-state index contributed by atoms with van der Waals surface area (Å²) in [5, 5.41) is 5.32. The Hall–Kier alpha value is -3.07. The van der Waals surface area contributed by atoms with E-state index in [-0.39, 0.29) is 12.6 Å². The molecular weight excluding hydrogens is 416 g/mol. The summed E-state index contributed by atoms with van der Waals surface area (Å²) < 4.78 is 34.6. The third kappa shape index (κ3) is 3.92. The molecule has 170 valence electrons. The fraction of sp³-hybridized carbons (Fsp3) is 0.435. The van der Waals surface area contributed by atoms with Gasteiger partial charge >= 0.3 is 5.97 Å². The number of aryl methyl sites for hydroxylation is 2. The molecule has 4 rings (SSSR count). The SMILES string of the molecule is CCOC(=O)c1cnc2c(c(C)nn2C)c1N1CCN(C(C)c2ccc(F)cc2F)CC1. The van der Waals surface area contributed by atoms with Crippen molar-refractivity contribution in [3.63, 3.8) is 0 Å². The number of hydrogen-bond acceptors (Lipinski definition) is 6. The quantitative estimate of drug-likeness (QED) is 0.562. The van der Waals surface area contributed by atoms with Crippen LogP contribution in [0.3, 0.4) is 0 Å². The van der Waals surface area contributed by atoms with Crippen molar-refractivity contribution in [2.75, 3.05) is 37.7 Å². The van der Waals surface area contributed by atoms with Gasteiger partial charge in [-0.3, -0.25) is 9.58 Å². The molecule has 3 heterocycles. The first-order valence-corrected chi connectivity index (χ1v) is 10.7. The summed E-state index contributed by atoms with van der Waals surface area (Å²) in [6, 6.07) is 3.52. The number of ether oxygens (including phenoxy) is 1. The topological polar surface area (TPSA) is 63.5 Å². The zero-order valence-electron chi connectivity index (χ0n) is 18.7.